The molecule has 0 unspecified atom stereocenters. The molecular weight excluding hydrogens is 450 g/mol. The molecule has 178 valence electrons. The summed E-state index contributed by atoms with van der Waals surface area (Å²) in [5.74, 6) is -1.72. The molecule has 2 aromatic carbocycles. The van der Waals surface area contributed by atoms with Crippen LogP contribution in [0, 0.1) is 0 Å². The molecule has 5 rings (SSSR count). The van der Waals surface area contributed by atoms with E-state index in [-0.39, 0.29) is 23.8 Å². The van der Waals surface area contributed by atoms with Crippen LogP contribution in [0.2, 0.25) is 0 Å². The van der Waals surface area contributed by atoms with Crippen LogP contribution in [-0.2, 0) is 14.3 Å². The van der Waals surface area contributed by atoms with E-state index in [1.165, 1.54) is 18.5 Å². The molecular formula is C26H23N3O6. The largest absolute Gasteiger partial charge is 0.478 e. The Labute approximate surface area is 201 Å². The third kappa shape index (κ3) is 4.58. The van der Waals surface area contributed by atoms with Gasteiger partial charge in [0.15, 0.2) is 6.10 Å². The van der Waals surface area contributed by atoms with Crippen LogP contribution >= 0.6 is 0 Å². The summed E-state index contributed by atoms with van der Waals surface area (Å²) < 4.78 is 11.1. The van der Waals surface area contributed by atoms with E-state index in [1.807, 2.05) is 36.4 Å². The van der Waals surface area contributed by atoms with E-state index in [9.17, 15) is 14.4 Å². The summed E-state index contributed by atoms with van der Waals surface area (Å²) in [5, 5.41) is 14.4. The van der Waals surface area contributed by atoms with Crippen molar-refractivity contribution < 1.29 is 29.0 Å². The molecule has 1 aromatic heterocycles. The zero-order valence-corrected chi connectivity index (χ0v) is 18.6. The van der Waals surface area contributed by atoms with Gasteiger partial charge in [-0.1, -0.05) is 48.5 Å². The highest BCUT2D eigenvalue weighted by Gasteiger charge is 2.36. The van der Waals surface area contributed by atoms with Crippen molar-refractivity contribution in [1.82, 2.24) is 10.3 Å². The minimum Gasteiger partial charge on any atom is -0.478 e. The average Bonchev–Trinajstić information content (AvgIpc) is 3.45. The Hall–Kier alpha value is -4.24. The van der Waals surface area contributed by atoms with E-state index in [2.05, 4.69) is 27.8 Å². The number of alkyl carbamates (subject to hydrolysis) is 1. The molecule has 0 bridgehead atoms. The molecule has 3 N–H and O–H groups in total. The molecule has 2 heterocycles. The molecule has 1 aliphatic carbocycles. The highest BCUT2D eigenvalue weighted by Crippen LogP contribution is 2.44. The molecule has 9 nitrogen and oxygen atoms in total. The average molecular weight is 473 g/mol. The van der Waals surface area contributed by atoms with Crippen molar-refractivity contribution in [3.05, 3.63) is 83.7 Å². The second-order valence-corrected chi connectivity index (χ2v) is 8.41. The van der Waals surface area contributed by atoms with Crippen LogP contribution in [0.5, 0.6) is 0 Å². The first-order chi connectivity index (χ1) is 17.0. The van der Waals surface area contributed by atoms with E-state index < -0.39 is 30.1 Å². The van der Waals surface area contributed by atoms with Crippen LogP contribution in [0.1, 0.15) is 33.8 Å². The van der Waals surface area contributed by atoms with E-state index in [4.69, 9.17) is 14.6 Å². The molecule has 1 fully saturated rings. The van der Waals surface area contributed by atoms with Crippen LogP contribution in [0.15, 0.2) is 67.0 Å². The molecule has 0 saturated carbocycles. The number of carboxylic acid groups (broad SMARTS) is 1. The Kier molecular flexibility index (Phi) is 6.15. The predicted molar refractivity (Wildman–Crippen MR) is 126 cm³/mol. The maximum absolute atomic E-state index is 12.7. The fourth-order valence-electron chi connectivity index (χ4n) is 4.63. The Morgan fingerprint density at radius 1 is 1.03 bits per heavy atom. The number of rotatable bonds is 6. The van der Waals surface area contributed by atoms with Crippen molar-refractivity contribution in [3.63, 3.8) is 0 Å². The number of anilines is 1. The second-order valence-electron chi connectivity index (χ2n) is 8.41. The summed E-state index contributed by atoms with van der Waals surface area (Å²) >= 11 is 0. The number of ether oxygens (including phenoxy) is 2. The Bertz CT molecular complexity index is 1250. The van der Waals surface area contributed by atoms with Crippen molar-refractivity contribution in [2.75, 3.05) is 18.5 Å². The van der Waals surface area contributed by atoms with Crippen molar-refractivity contribution in [3.8, 4) is 11.1 Å². The van der Waals surface area contributed by atoms with Crippen LogP contribution in [0.25, 0.3) is 11.1 Å². The SMILES string of the molecule is O=C(N[C@@H]1CCO[C@@H]1C(=O)Nc1cncc(C(=O)O)c1)OCC1c2ccccc2-c2ccccc21. The number of hydrogen-bond donors (Lipinski definition) is 3. The highest BCUT2D eigenvalue weighted by atomic mass is 16.6. The first-order valence-corrected chi connectivity index (χ1v) is 11.2. The van der Waals surface area contributed by atoms with Crippen molar-refractivity contribution in [1.29, 1.82) is 0 Å². The number of carbonyl (C=O) groups excluding carboxylic acids is 2. The molecule has 3 aromatic rings. The molecule has 9 heteroatoms. The second kappa shape index (κ2) is 9.55. The van der Waals surface area contributed by atoms with Gasteiger partial charge < -0.3 is 25.2 Å². The fourth-order valence-corrected chi connectivity index (χ4v) is 4.63. The molecule has 2 atom stereocenters. The number of aromatic nitrogens is 1. The van der Waals surface area contributed by atoms with Crippen molar-refractivity contribution >= 4 is 23.7 Å². The maximum atomic E-state index is 12.7. The molecule has 2 aliphatic rings. The van der Waals surface area contributed by atoms with Crippen LogP contribution in [0.4, 0.5) is 10.5 Å². The summed E-state index contributed by atoms with van der Waals surface area (Å²) in [6.45, 7) is 0.456. The molecule has 1 aliphatic heterocycles. The van der Waals surface area contributed by atoms with Gasteiger partial charge in [-0.2, -0.15) is 0 Å². The quantitative estimate of drug-likeness (QED) is 0.501. The van der Waals surface area contributed by atoms with Crippen LogP contribution in [-0.4, -0.2) is 53.4 Å². The number of aromatic carboxylic acids is 1. The number of fused-ring (bicyclic) bond motifs is 3. The lowest BCUT2D eigenvalue weighted by Gasteiger charge is -2.20. The number of nitrogens with one attached hydrogen (secondary N) is 2. The third-order valence-corrected chi connectivity index (χ3v) is 6.25. The normalized spacial score (nSPS) is 18.4. The number of hydrogen-bond acceptors (Lipinski definition) is 6. The summed E-state index contributed by atoms with van der Waals surface area (Å²) in [4.78, 5) is 40.3. The standard InChI is InChI=1S/C26H23N3O6/c30-24(28-16-11-15(25(31)32)12-27-13-16)23-22(9-10-34-23)29-26(33)35-14-21-19-7-3-1-5-17(19)18-6-2-4-8-20(18)21/h1-8,11-13,21-23H,9-10,14H2,(H,28,30)(H,29,33)(H,31,32)/t22-,23+/m1/s1. The fraction of sp³-hybridized carbons (Fsp3) is 0.231. The number of nitrogens with zero attached hydrogens (tertiary/aromatic N) is 1. The molecule has 0 spiro atoms. The zero-order chi connectivity index (χ0) is 24.4. The van der Waals surface area contributed by atoms with Crippen LogP contribution in [0.3, 0.4) is 0 Å². The topological polar surface area (TPSA) is 127 Å². The highest BCUT2D eigenvalue weighted by molar-refractivity contribution is 5.96. The number of amides is 2. The number of pyridine rings is 1. The zero-order valence-electron chi connectivity index (χ0n) is 18.6. The van der Waals surface area contributed by atoms with Crippen LogP contribution < -0.4 is 10.6 Å². The van der Waals surface area contributed by atoms with Gasteiger partial charge in [0.2, 0.25) is 0 Å². The number of carboxylic acids is 1. The molecule has 1 saturated heterocycles. The van der Waals surface area contributed by atoms with Gasteiger partial charge in [-0.15, -0.1) is 0 Å². The molecule has 35 heavy (non-hydrogen) atoms. The van der Waals surface area contributed by atoms with Gasteiger partial charge in [0, 0.05) is 18.7 Å². The lowest BCUT2D eigenvalue weighted by molar-refractivity contribution is -0.125. The maximum Gasteiger partial charge on any atom is 0.407 e. The summed E-state index contributed by atoms with van der Waals surface area (Å²) in [6.07, 6.45) is 1.40. The van der Waals surface area contributed by atoms with Gasteiger partial charge in [-0.25, -0.2) is 9.59 Å². The Morgan fingerprint density at radius 2 is 1.71 bits per heavy atom. The molecule has 0 radical (unpaired) electrons. The van der Waals surface area contributed by atoms with Gasteiger partial charge in [-0.3, -0.25) is 9.78 Å². The van der Waals surface area contributed by atoms with Crippen molar-refractivity contribution in [2.45, 2.75) is 24.5 Å². The van der Waals surface area contributed by atoms with Gasteiger partial charge in [0.05, 0.1) is 23.5 Å². The van der Waals surface area contributed by atoms with E-state index >= 15 is 0 Å². The minimum atomic E-state index is -1.15. The minimum absolute atomic E-state index is 0.0524. The van der Waals surface area contributed by atoms with Gasteiger partial charge in [-0.05, 0) is 34.7 Å². The number of benzene rings is 2. The summed E-state index contributed by atoms with van der Waals surface area (Å²) in [5.41, 5.74) is 4.67. The van der Waals surface area contributed by atoms with Gasteiger partial charge in [0.1, 0.15) is 6.61 Å². The first-order valence-electron chi connectivity index (χ1n) is 11.2. The Balaban J connectivity index is 1.21. The van der Waals surface area contributed by atoms with Gasteiger partial charge in [0.25, 0.3) is 5.91 Å². The molecule has 2 amide bonds. The third-order valence-electron chi connectivity index (χ3n) is 6.25. The summed E-state index contributed by atoms with van der Waals surface area (Å²) in [6, 6.07) is 16.9. The lowest BCUT2D eigenvalue weighted by atomic mass is 9.98. The Morgan fingerprint density at radius 3 is 2.40 bits per heavy atom. The first kappa shape index (κ1) is 22.5. The smallest absolute Gasteiger partial charge is 0.407 e. The predicted octanol–water partition coefficient (Wildman–Crippen LogP) is 3.41. The number of carbonyl (C=O) groups is 3. The lowest BCUT2D eigenvalue weighted by Crippen LogP contribution is -2.46. The van der Waals surface area contributed by atoms with Crippen molar-refractivity contribution in [2.24, 2.45) is 0 Å². The van der Waals surface area contributed by atoms with E-state index in [1.54, 1.807) is 0 Å². The van der Waals surface area contributed by atoms with E-state index in [0.29, 0.717) is 13.0 Å². The summed E-state index contributed by atoms with van der Waals surface area (Å²) in [7, 11) is 0. The monoisotopic (exact) mass is 473 g/mol. The van der Waals surface area contributed by atoms with Gasteiger partial charge >= 0.3 is 12.1 Å². The van der Waals surface area contributed by atoms with E-state index in [0.717, 1.165) is 22.3 Å².